The number of pyridine rings is 1. The molecular formula is C21H26N4O3S. The van der Waals surface area contributed by atoms with Crippen LogP contribution in [0.4, 0.5) is 0 Å². The number of benzene rings is 1. The van der Waals surface area contributed by atoms with Gasteiger partial charge in [0.25, 0.3) is 0 Å². The Balaban J connectivity index is 1.60. The highest BCUT2D eigenvalue weighted by molar-refractivity contribution is 7.89. The predicted molar refractivity (Wildman–Crippen MR) is 111 cm³/mol. The van der Waals surface area contributed by atoms with Crippen LogP contribution in [0.1, 0.15) is 35.8 Å². The lowest BCUT2D eigenvalue weighted by atomic mass is 10.1. The second-order valence-corrected chi connectivity index (χ2v) is 9.49. The van der Waals surface area contributed by atoms with Crippen molar-refractivity contribution in [2.75, 3.05) is 20.2 Å². The van der Waals surface area contributed by atoms with Crippen molar-refractivity contribution in [3.05, 3.63) is 53.5 Å². The summed E-state index contributed by atoms with van der Waals surface area (Å²) >= 11 is 0. The lowest BCUT2D eigenvalue weighted by Crippen LogP contribution is -2.39. The fraction of sp³-hybridized carbons (Fsp3) is 0.429. The van der Waals surface area contributed by atoms with Crippen LogP contribution in [0, 0.1) is 13.8 Å². The Hall–Kier alpha value is -2.29. The molecule has 2 aromatic heterocycles. The number of hydrogen-bond donors (Lipinski definition) is 0. The number of aromatic nitrogens is 3. The second kappa shape index (κ2) is 7.85. The van der Waals surface area contributed by atoms with E-state index in [9.17, 15) is 8.42 Å². The number of nitrogens with zero attached hydrogens (tertiary/aromatic N) is 4. The van der Waals surface area contributed by atoms with Crippen molar-refractivity contribution in [1.29, 1.82) is 0 Å². The summed E-state index contributed by atoms with van der Waals surface area (Å²) in [6.45, 7) is 5.11. The lowest BCUT2D eigenvalue weighted by molar-refractivity contribution is 0.168. The van der Waals surface area contributed by atoms with E-state index in [4.69, 9.17) is 4.74 Å². The van der Waals surface area contributed by atoms with Crippen LogP contribution < -0.4 is 0 Å². The fourth-order valence-corrected chi connectivity index (χ4v) is 5.84. The molecule has 4 rings (SSSR count). The zero-order chi connectivity index (χ0) is 20.6. The van der Waals surface area contributed by atoms with Crippen molar-refractivity contribution in [3.8, 4) is 0 Å². The minimum atomic E-state index is -3.50. The number of rotatable bonds is 5. The number of imidazole rings is 1. The number of fused-ring (bicyclic) bond motifs is 1. The van der Waals surface area contributed by atoms with Crippen molar-refractivity contribution in [3.63, 3.8) is 0 Å². The van der Waals surface area contributed by atoms with Crippen LogP contribution in [-0.2, 0) is 21.4 Å². The monoisotopic (exact) mass is 414 g/mol. The van der Waals surface area contributed by atoms with Gasteiger partial charge in [-0.25, -0.2) is 18.4 Å². The van der Waals surface area contributed by atoms with Crippen LogP contribution in [-0.4, -0.2) is 47.5 Å². The average Bonchev–Trinajstić information content (AvgIpc) is 3.08. The average molecular weight is 415 g/mol. The molecule has 0 aliphatic carbocycles. The van der Waals surface area contributed by atoms with Crippen molar-refractivity contribution < 1.29 is 13.2 Å². The number of ether oxygens (including phenoxy) is 1. The summed E-state index contributed by atoms with van der Waals surface area (Å²) in [6.07, 6.45) is 3.18. The summed E-state index contributed by atoms with van der Waals surface area (Å²) in [4.78, 5) is 9.57. The van der Waals surface area contributed by atoms with E-state index in [2.05, 4.69) is 14.5 Å². The number of methoxy groups -OCH3 is 1. The van der Waals surface area contributed by atoms with E-state index in [1.165, 1.54) is 0 Å². The Morgan fingerprint density at radius 1 is 1.17 bits per heavy atom. The largest absolute Gasteiger partial charge is 0.377 e. The zero-order valence-electron chi connectivity index (χ0n) is 17.0. The van der Waals surface area contributed by atoms with Crippen molar-refractivity contribution in [2.45, 2.75) is 44.2 Å². The number of sulfonamides is 1. The third-order valence-corrected chi connectivity index (χ3v) is 7.59. The van der Waals surface area contributed by atoms with Gasteiger partial charge >= 0.3 is 0 Å². The summed E-state index contributed by atoms with van der Waals surface area (Å²) in [5.74, 6) is 0.831. The Morgan fingerprint density at radius 3 is 2.66 bits per heavy atom. The molecule has 29 heavy (non-hydrogen) atoms. The van der Waals surface area contributed by atoms with Gasteiger partial charge in [0.15, 0.2) is 5.65 Å². The predicted octanol–water partition coefficient (Wildman–Crippen LogP) is 3.22. The zero-order valence-corrected chi connectivity index (χ0v) is 17.8. The molecule has 154 valence electrons. The van der Waals surface area contributed by atoms with Gasteiger partial charge in [-0.2, -0.15) is 4.31 Å². The first-order chi connectivity index (χ1) is 13.9. The molecule has 0 radical (unpaired) electrons. The molecule has 0 saturated carbocycles. The summed E-state index contributed by atoms with van der Waals surface area (Å²) in [6, 6.07) is 9.53. The van der Waals surface area contributed by atoms with E-state index in [1.807, 2.05) is 38.1 Å². The third-order valence-electron chi connectivity index (χ3n) is 5.55. The molecule has 0 atom stereocenters. The highest BCUT2D eigenvalue weighted by Crippen LogP contribution is 2.31. The Kier molecular flexibility index (Phi) is 5.42. The first-order valence-corrected chi connectivity index (χ1v) is 11.2. The Labute approximate surface area is 171 Å². The molecule has 1 fully saturated rings. The first kappa shape index (κ1) is 20.0. The summed E-state index contributed by atoms with van der Waals surface area (Å²) in [7, 11) is -1.85. The fourth-order valence-electron chi connectivity index (χ4n) is 4.06. The molecule has 0 spiro atoms. The van der Waals surface area contributed by atoms with Gasteiger partial charge in [-0.3, -0.25) is 0 Å². The molecule has 1 saturated heterocycles. The van der Waals surface area contributed by atoms with Gasteiger partial charge in [-0.05, 0) is 56.0 Å². The van der Waals surface area contributed by atoms with Crippen molar-refractivity contribution in [1.82, 2.24) is 18.8 Å². The molecular weight excluding hydrogens is 388 g/mol. The molecule has 1 aromatic carbocycles. The van der Waals surface area contributed by atoms with Gasteiger partial charge in [-0.1, -0.05) is 12.1 Å². The molecule has 0 bridgehead atoms. The molecule has 0 N–H and O–H groups in total. The van der Waals surface area contributed by atoms with Crippen LogP contribution in [0.15, 0.2) is 41.4 Å². The maximum Gasteiger partial charge on any atom is 0.243 e. The second-order valence-electron chi connectivity index (χ2n) is 7.58. The van der Waals surface area contributed by atoms with Crippen molar-refractivity contribution >= 4 is 21.2 Å². The molecule has 3 heterocycles. The minimum Gasteiger partial charge on any atom is -0.377 e. The van der Waals surface area contributed by atoms with Crippen LogP contribution in [0.25, 0.3) is 11.2 Å². The molecule has 0 unspecified atom stereocenters. The molecule has 0 amide bonds. The third kappa shape index (κ3) is 3.68. The van der Waals surface area contributed by atoms with Crippen LogP contribution in [0.2, 0.25) is 0 Å². The van der Waals surface area contributed by atoms with E-state index in [1.54, 1.807) is 23.7 Å². The van der Waals surface area contributed by atoms with Gasteiger partial charge in [0.1, 0.15) is 17.9 Å². The molecule has 3 aromatic rings. The Bertz CT molecular complexity index is 1130. The lowest BCUT2D eigenvalue weighted by Gasteiger charge is -2.33. The van der Waals surface area contributed by atoms with Gasteiger partial charge in [0.2, 0.25) is 10.0 Å². The SMILES string of the molecule is COCc1nc2cccnc2n1C1CCN(S(=O)(=O)c2cc(C)ccc2C)CC1. The summed E-state index contributed by atoms with van der Waals surface area (Å²) in [5.41, 5.74) is 3.40. The van der Waals surface area contributed by atoms with Crippen LogP contribution >= 0.6 is 0 Å². The van der Waals surface area contributed by atoms with E-state index in [-0.39, 0.29) is 6.04 Å². The smallest absolute Gasteiger partial charge is 0.243 e. The van der Waals surface area contributed by atoms with E-state index in [0.717, 1.165) is 28.1 Å². The van der Waals surface area contributed by atoms with Gasteiger partial charge in [0, 0.05) is 32.4 Å². The standard InChI is InChI=1S/C21H26N4O3S/c1-15-6-7-16(2)19(13-15)29(26,27)24-11-8-17(9-12-24)25-20(14-28-3)23-18-5-4-10-22-21(18)25/h4-7,10,13,17H,8-9,11-12,14H2,1-3H3. The molecule has 1 aliphatic rings. The quantitative estimate of drug-likeness (QED) is 0.641. The maximum atomic E-state index is 13.2. The van der Waals surface area contributed by atoms with E-state index in [0.29, 0.717) is 37.4 Å². The van der Waals surface area contributed by atoms with Crippen LogP contribution in [0.5, 0.6) is 0 Å². The molecule has 1 aliphatic heterocycles. The number of aryl methyl sites for hydroxylation is 2. The Morgan fingerprint density at radius 2 is 1.93 bits per heavy atom. The highest BCUT2D eigenvalue weighted by Gasteiger charge is 2.32. The topological polar surface area (TPSA) is 77.3 Å². The van der Waals surface area contributed by atoms with Gasteiger partial charge in [0.05, 0.1) is 4.90 Å². The summed E-state index contributed by atoms with van der Waals surface area (Å²) < 4.78 is 35.5. The molecule has 8 heteroatoms. The normalized spacial score (nSPS) is 16.5. The van der Waals surface area contributed by atoms with Crippen LogP contribution in [0.3, 0.4) is 0 Å². The highest BCUT2D eigenvalue weighted by atomic mass is 32.2. The van der Waals surface area contributed by atoms with Gasteiger partial charge < -0.3 is 9.30 Å². The molecule has 7 nitrogen and oxygen atoms in total. The maximum absolute atomic E-state index is 13.2. The number of hydrogen-bond acceptors (Lipinski definition) is 5. The van der Waals surface area contributed by atoms with E-state index < -0.39 is 10.0 Å². The van der Waals surface area contributed by atoms with E-state index >= 15 is 0 Å². The summed E-state index contributed by atoms with van der Waals surface area (Å²) in [5, 5.41) is 0. The first-order valence-electron chi connectivity index (χ1n) is 9.80. The minimum absolute atomic E-state index is 0.144. The van der Waals surface area contributed by atoms with Gasteiger partial charge in [-0.15, -0.1) is 0 Å². The number of piperidine rings is 1. The van der Waals surface area contributed by atoms with Crippen molar-refractivity contribution in [2.24, 2.45) is 0 Å².